The fraction of sp³-hybridized carbons (Fsp3) is 0.125. The summed E-state index contributed by atoms with van der Waals surface area (Å²) in [6, 6.07) is 8.38. The largest absolute Gasteiger partial charge is 0.478 e. The fourth-order valence-electron chi connectivity index (χ4n) is 2.30. The van der Waals surface area contributed by atoms with E-state index in [0.29, 0.717) is 22.5 Å². The second-order valence-corrected chi connectivity index (χ2v) is 7.05. The van der Waals surface area contributed by atoms with E-state index in [-0.39, 0.29) is 10.5 Å². The Kier molecular flexibility index (Phi) is 3.76. The third-order valence-corrected chi connectivity index (χ3v) is 5.03. The highest BCUT2D eigenvalue weighted by Crippen LogP contribution is 2.27. The minimum absolute atomic E-state index is 0.0194. The first kappa shape index (κ1) is 16.0. The van der Waals surface area contributed by atoms with Gasteiger partial charge in [0, 0.05) is 5.39 Å². The smallest absolute Gasteiger partial charge is 0.335 e. The summed E-state index contributed by atoms with van der Waals surface area (Å²) >= 11 is 0. The Bertz CT molecular complexity index is 1040. The van der Waals surface area contributed by atoms with Crippen molar-refractivity contribution in [2.24, 2.45) is 0 Å². The summed E-state index contributed by atoms with van der Waals surface area (Å²) in [4.78, 5) is 10.8. The summed E-state index contributed by atoms with van der Waals surface area (Å²) in [7, 11) is -3.84. The topological polar surface area (TPSA) is 110 Å². The van der Waals surface area contributed by atoms with Crippen LogP contribution in [0.2, 0.25) is 0 Å². The number of anilines is 1. The Morgan fingerprint density at radius 1 is 1.17 bits per heavy atom. The monoisotopic (exact) mass is 346 g/mol. The van der Waals surface area contributed by atoms with Crippen LogP contribution >= 0.6 is 0 Å². The number of hydrogen-bond acceptors (Lipinski definition) is 5. The fourth-order valence-corrected chi connectivity index (χ4v) is 3.42. The van der Waals surface area contributed by atoms with E-state index < -0.39 is 16.0 Å². The molecule has 124 valence electrons. The zero-order valence-electron chi connectivity index (χ0n) is 12.9. The van der Waals surface area contributed by atoms with E-state index in [0.717, 1.165) is 5.39 Å². The first-order valence-electron chi connectivity index (χ1n) is 7.01. The molecular formula is C16H14N2O5S. The summed E-state index contributed by atoms with van der Waals surface area (Å²) in [6.45, 7) is 3.52. The van der Waals surface area contributed by atoms with Crippen molar-refractivity contribution in [3.63, 3.8) is 0 Å². The van der Waals surface area contributed by atoms with E-state index in [4.69, 9.17) is 9.63 Å². The minimum Gasteiger partial charge on any atom is -0.478 e. The highest BCUT2D eigenvalue weighted by atomic mass is 32.2. The van der Waals surface area contributed by atoms with Crippen LogP contribution in [0, 0.1) is 13.8 Å². The van der Waals surface area contributed by atoms with Crippen LogP contribution in [0.25, 0.3) is 11.0 Å². The van der Waals surface area contributed by atoms with E-state index >= 15 is 0 Å². The van der Waals surface area contributed by atoms with Gasteiger partial charge in [-0.1, -0.05) is 5.16 Å². The van der Waals surface area contributed by atoms with Crippen molar-refractivity contribution in [2.45, 2.75) is 18.7 Å². The van der Waals surface area contributed by atoms with Crippen molar-refractivity contribution in [1.29, 1.82) is 0 Å². The summed E-state index contributed by atoms with van der Waals surface area (Å²) in [5.74, 6) is -1.11. The zero-order valence-corrected chi connectivity index (χ0v) is 13.7. The summed E-state index contributed by atoms with van der Waals surface area (Å²) in [5, 5.41) is 13.4. The third kappa shape index (κ3) is 2.83. The average Bonchev–Trinajstić information content (AvgIpc) is 2.88. The quantitative estimate of drug-likeness (QED) is 0.751. The van der Waals surface area contributed by atoms with Gasteiger partial charge in [0.2, 0.25) is 0 Å². The number of carboxylic acid groups (broad SMARTS) is 1. The Morgan fingerprint density at radius 3 is 2.46 bits per heavy atom. The molecule has 2 aromatic carbocycles. The van der Waals surface area contributed by atoms with Crippen molar-refractivity contribution in [3.05, 3.63) is 53.2 Å². The van der Waals surface area contributed by atoms with Crippen LogP contribution in [0.4, 0.5) is 5.69 Å². The zero-order chi connectivity index (χ0) is 17.5. The molecule has 8 heteroatoms. The van der Waals surface area contributed by atoms with E-state index in [9.17, 15) is 13.2 Å². The predicted octanol–water partition coefficient (Wildman–Crippen LogP) is 2.94. The Hall–Kier alpha value is -2.87. The number of fused-ring (bicyclic) bond motifs is 1. The van der Waals surface area contributed by atoms with Gasteiger partial charge in [-0.05, 0) is 55.8 Å². The predicted molar refractivity (Wildman–Crippen MR) is 87.7 cm³/mol. The number of sulfonamides is 1. The van der Waals surface area contributed by atoms with Crippen LogP contribution in [-0.2, 0) is 10.0 Å². The molecule has 2 N–H and O–H groups in total. The van der Waals surface area contributed by atoms with Gasteiger partial charge in [0.1, 0.15) is 0 Å². The van der Waals surface area contributed by atoms with Gasteiger partial charge in [-0.15, -0.1) is 0 Å². The number of carboxylic acids is 1. The molecule has 7 nitrogen and oxygen atoms in total. The lowest BCUT2D eigenvalue weighted by atomic mass is 10.1. The van der Waals surface area contributed by atoms with Crippen LogP contribution in [0.1, 0.15) is 21.6 Å². The molecule has 3 rings (SSSR count). The van der Waals surface area contributed by atoms with Gasteiger partial charge in [-0.2, -0.15) is 0 Å². The number of aryl methyl sites for hydroxylation is 2. The molecule has 0 spiro atoms. The molecule has 0 saturated heterocycles. The SMILES string of the molecule is Cc1cc2onc(C)c2cc1NS(=O)(=O)c1ccc(C(=O)O)cc1. The number of rotatable bonds is 4. The van der Waals surface area contributed by atoms with Crippen LogP contribution in [-0.4, -0.2) is 24.7 Å². The average molecular weight is 346 g/mol. The Morgan fingerprint density at radius 2 is 1.83 bits per heavy atom. The highest BCUT2D eigenvalue weighted by Gasteiger charge is 2.17. The molecule has 24 heavy (non-hydrogen) atoms. The number of carbonyl (C=O) groups is 1. The lowest BCUT2D eigenvalue weighted by Gasteiger charge is -2.11. The third-order valence-electron chi connectivity index (χ3n) is 3.65. The van der Waals surface area contributed by atoms with Crippen molar-refractivity contribution >= 4 is 32.6 Å². The maximum atomic E-state index is 12.5. The number of aromatic carboxylic acids is 1. The van der Waals surface area contributed by atoms with Crippen molar-refractivity contribution in [3.8, 4) is 0 Å². The van der Waals surface area contributed by atoms with Crippen LogP contribution in [0.3, 0.4) is 0 Å². The van der Waals surface area contributed by atoms with Crippen LogP contribution in [0.5, 0.6) is 0 Å². The standard InChI is InChI=1S/C16H14N2O5S/c1-9-7-15-13(10(2)17-23-15)8-14(9)18-24(21,22)12-5-3-11(4-6-12)16(19)20/h3-8,18H,1-2H3,(H,19,20). The highest BCUT2D eigenvalue weighted by molar-refractivity contribution is 7.92. The summed E-state index contributed by atoms with van der Waals surface area (Å²) in [5.41, 5.74) is 2.36. The molecule has 1 heterocycles. The molecule has 0 bridgehead atoms. The van der Waals surface area contributed by atoms with Gasteiger partial charge in [-0.3, -0.25) is 4.72 Å². The molecule has 0 amide bonds. The van der Waals surface area contributed by atoms with E-state index in [1.54, 1.807) is 26.0 Å². The van der Waals surface area contributed by atoms with Crippen LogP contribution in [0.15, 0.2) is 45.8 Å². The normalized spacial score (nSPS) is 11.6. The number of nitrogens with zero attached hydrogens (tertiary/aromatic N) is 1. The molecule has 0 aliphatic heterocycles. The van der Waals surface area contributed by atoms with Gasteiger partial charge in [0.15, 0.2) is 5.58 Å². The van der Waals surface area contributed by atoms with Gasteiger partial charge in [0.05, 0.1) is 21.8 Å². The van der Waals surface area contributed by atoms with E-state index in [2.05, 4.69) is 9.88 Å². The molecule has 1 aromatic heterocycles. The van der Waals surface area contributed by atoms with Crippen molar-refractivity contribution in [1.82, 2.24) is 5.16 Å². The maximum absolute atomic E-state index is 12.5. The maximum Gasteiger partial charge on any atom is 0.335 e. The number of aromatic nitrogens is 1. The van der Waals surface area contributed by atoms with Crippen molar-refractivity contribution < 1.29 is 22.8 Å². The van der Waals surface area contributed by atoms with E-state index in [1.165, 1.54) is 24.3 Å². The Balaban J connectivity index is 1.98. The molecule has 0 unspecified atom stereocenters. The molecule has 0 fully saturated rings. The summed E-state index contributed by atoms with van der Waals surface area (Å²) in [6.07, 6.45) is 0. The first-order valence-corrected chi connectivity index (χ1v) is 8.49. The van der Waals surface area contributed by atoms with Gasteiger partial charge < -0.3 is 9.63 Å². The Labute approximate surface area is 137 Å². The first-order chi connectivity index (χ1) is 11.3. The minimum atomic E-state index is -3.84. The summed E-state index contributed by atoms with van der Waals surface area (Å²) < 4.78 is 32.7. The van der Waals surface area contributed by atoms with E-state index in [1.807, 2.05) is 0 Å². The van der Waals surface area contributed by atoms with Crippen molar-refractivity contribution in [2.75, 3.05) is 4.72 Å². The number of nitrogens with one attached hydrogen (secondary N) is 1. The number of benzene rings is 2. The van der Waals surface area contributed by atoms with Gasteiger partial charge in [-0.25, -0.2) is 13.2 Å². The molecule has 0 saturated carbocycles. The lowest BCUT2D eigenvalue weighted by molar-refractivity contribution is 0.0696. The molecule has 0 atom stereocenters. The molecular weight excluding hydrogens is 332 g/mol. The van der Waals surface area contributed by atoms with Gasteiger partial charge in [0.25, 0.3) is 10.0 Å². The molecule has 0 radical (unpaired) electrons. The van der Waals surface area contributed by atoms with Crippen LogP contribution < -0.4 is 4.72 Å². The second kappa shape index (κ2) is 5.64. The van der Waals surface area contributed by atoms with Gasteiger partial charge >= 0.3 is 5.97 Å². The second-order valence-electron chi connectivity index (χ2n) is 5.37. The lowest BCUT2D eigenvalue weighted by Crippen LogP contribution is -2.14. The molecule has 0 aliphatic rings. The molecule has 3 aromatic rings. The number of hydrogen-bond donors (Lipinski definition) is 2. The molecule has 0 aliphatic carbocycles.